The Morgan fingerprint density at radius 1 is 1.17 bits per heavy atom. The van der Waals surface area contributed by atoms with Crippen LogP contribution in [-0.4, -0.2) is 16.0 Å². The standard InChI is InChI=1S/C14H18N2OS/c1-8-6-11(7-9(2)13(8)18-5)12-10(3)14(17)16(4)15-12/h6-7,15H,1-5H3. The number of thioether (sulfide) groups is 1. The fourth-order valence-electron chi connectivity index (χ4n) is 2.36. The second kappa shape index (κ2) is 4.69. The molecule has 1 aromatic heterocycles. The van der Waals surface area contributed by atoms with Gasteiger partial charge in [-0.1, -0.05) is 0 Å². The molecule has 0 aliphatic heterocycles. The highest BCUT2D eigenvalue weighted by molar-refractivity contribution is 7.98. The molecule has 0 atom stereocenters. The van der Waals surface area contributed by atoms with Gasteiger partial charge in [-0.2, -0.15) is 0 Å². The van der Waals surface area contributed by atoms with Gasteiger partial charge in [-0.05, 0) is 50.3 Å². The number of benzene rings is 1. The molecular formula is C14H18N2OS. The average molecular weight is 262 g/mol. The summed E-state index contributed by atoms with van der Waals surface area (Å²) < 4.78 is 1.53. The first-order valence-corrected chi connectivity index (χ1v) is 7.09. The maximum absolute atomic E-state index is 11.8. The van der Waals surface area contributed by atoms with Gasteiger partial charge in [-0.15, -0.1) is 11.8 Å². The summed E-state index contributed by atoms with van der Waals surface area (Å²) in [6.07, 6.45) is 2.09. The van der Waals surface area contributed by atoms with E-state index in [9.17, 15) is 4.79 Å². The minimum Gasteiger partial charge on any atom is -0.295 e. The van der Waals surface area contributed by atoms with Crippen molar-refractivity contribution in [3.8, 4) is 11.3 Å². The molecule has 0 saturated heterocycles. The summed E-state index contributed by atoms with van der Waals surface area (Å²) in [4.78, 5) is 13.1. The summed E-state index contributed by atoms with van der Waals surface area (Å²) in [5.74, 6) is 0. The van der Waals surface area contributed by atoms with E-state index in [2.05, 4.69) is 37.3 Å². The fraction of sp³-hybridized carbons (Fsp3) is 0.357. The van der Waals surface area contributed by atoms with Gasteiger partial charge in [0.05, 0.1) is 5.69 Å². The van der Waals surface area contributed by atoms with Crippen molar-refractivity contribution >= 4 is 11.8 Å². The molecule has 0 fully saturated rings. The minimum atomic E-state index is 0.0363. The van der Waals surface area contributed by atoms with Crippen LogP contribution in [0.3, 0.4) is 0 Å². The van der Waals surface area contributed by atoms with Crippen molar-refractivity contribution in [1.82, 2.24) is 9.78 Å². The van der Waals surface area contributed by atoms with Crippen LogP contribution in [0.15, 0.2) is 21.8 Å². The number of rotatable bonds is 2. The Hall–Kier alpha value is -1.42. The maximum atomic E-state index is 11.8. The predicted octanol–water partition coefficient (Wildman–Crippen LogP) is 3.03. The molecule has 2 rings (SSSR count). The van der Waals surface area contributed by atoms with Crippen molar-refractivity contribution < 1.29 is 0 Å². The molecule has 0 spiro atoms. The van der Waals surface area contributed by atoms with E-state index in [-0.39, 0.29) is 5.56 Å². The molecule has 2 aromatic rings. The van der Waals surface area contributed by atoms with Crippen LogP contribution in [0.4, 0.5) is 0 Å². The molecule has 96 valence electrons. The summed E-state index contributed by atoms with van der Waals surface area (Å²) in [5.41, 5.74) is 5.31. The molecule has 0 aliphatic carbocycles. The van der Waals surface area contributed by atoms with Gasteiger partial charge in [-0.3, -0.25) is 14.6 Å². The topological polar surface area (TPSA) is 37.8 Å². The molecule has 0 amide bonds. The summed E-state index contributed by atoms with van der Waals surface area (Å²) >= 11 is 1.76. The quantitative estimate of drug-likeness (QED) is 0.845. The van der Waals surface area contributed by atoms with Gasteiger partial charge in [0, 0.05) is 23.1 Å². The zero-order valence-electron chi connectivity index (χ0n) is 11.4. The van der Waals surface area contributed by atoms with E-state index in [0.717, 1.165) is 16.8 Å². The van der Waals surface area contributed by atoms with E-state index in [1.54, 1.807) is 18.8 Å². The molecule has 0 radical (unpaired) electrons. The number of H-pyrrole nitrogens is 1. The van der Waals surface area contributed by atoms with Gasteiger partial charge >= 0.3 is 0 Å². The lowest BCUT2D eigenvalue weighted by Crippen LogP contribution is -2.12. The van der Waals surface area contributed by atoms with Crippen LogP contribution < -0.4 is 5.56 Å². The van der Waals surface area contributed by atoms with E-state index in [4.69, 9.17) is 0 Å². The Labute approximate surface area is 111 Å². The van der Waals surface area contributed by atoms with E-state index in [0.29, 0.717) is 0 Å². The SMILES string of the molecule is CSc1c(C)cc(-c2[nH]n(C)c(=O)c2C)cc1C. The van der Waals surface area contributed by atoms with Crippen LogP contribution in [0.1, 0.15) is 16.7 Å². The first-order valence-electron chi connectivity index (χ1n) is 5.87. The highest BCUT2D eigenvalue weighted by Crippen LogP contribution is 2.30. The second-order valence-electron chi connectivity index (χ2n) is 4.62. The molecule has 0 aliphatic rings. The van der Waals surface area contributed by atoms with Crippen molar-refractivity contribution in [2.45, 2.75) is 25.7 Å². The van der Waals surface area contributed by atoms with Crippen molar-refractivity contribution in [1.29, 1.82) is 0 Å². The van der Waals surface area contributed by atoms with Crippen LogP contribution in [0, 0.1) is 20.8 Å². The Bertz CT molecular complexity index is 629. The van der Waals surface area contributed by atoms with Crippen LogP contribution in [0.25, 0.3) is 11.3 Å². The monoisotopic (exact) mass is 262 g/mol. The van der Waals surface area contributed by atoms with Gasteiger partial charge in [0.1, 0.15) is 0 Å². The molecule has 1 aromatic carbocycles. The Morgan fingerprint density at radius 3 is 2.11 bits per heavy atom. The van der Waals surface area contributed by atoms with Crippen molar-refractivity contribution in [2.75, 3.05) is 6.26 Å². The van der Waals surface area contributed by atoms with E-state index < -0.39 is 0 Å². The molecule has 1 heterocycles. The Kier molecular flexibility index (Phi) is 3.39. The van der Waals surface area contributed by atoms with Gasteiger partial charge in [-0.25, -0.2) is 0 Å². The molecule has 18 heavy (non-hydrogen) atoms. The maximum Gasteiger partial charge on any atom is 0.269 e. The molecule has 0 unspecified atom stereocenters. The van der Waals surface area contributed by atoms with Gasteiger partial charge in [0.2, 0.25) is 0 Å². The lowest BCUT2D eigenvalue weighted by Gasteiger charge is -2.10. The lowest BCUT2D eigenvalue weighted by atomic mass is 10.0. The second-order valence-corrected chi connectivity index (χ2v) is 5.44. The smallest absolute Gasteiger partial charge is 0.269 e. The number of aryl methyl sites for hydroxylation is 3. The summed E-state index contributed by atoms with van der Waals surface area (Å²) in [6, 6.07) is 4.27. The predicted molar refractivity (Wildman–Crippen MR) is 77.5 cm³/mol. The molecule has 0 bridgehead atoms. The van der Waals surface area contributed by atoms with Gasteiger partial charge < -0.3 is 0 Å². The van der Waals surface area contributed by atoms with Crippen molar-refractivity contribution in [2.24, 2.45) is 7.05 Å². The molecule has 3 nitrogen and oxygen atoms in total. The van der Waals surface area contributed by atoms with Crippen LogP contribution in [0.5, 0.6) is 0 Å². The normalized spacial score (nSPS) is 10.9. The average Bonchev–Trinajstić information content (AvgIpc) is 2.56. The first kappa shape index (κ1) is 13.0. The molecular weight excluding hydrogens is 244 g/mol. The third-order valence-electron chi connectivity index (χ3n) is 3.23. The Morgan fingerprint density at radius 2 is 1.72 bits per heavy atom. The summed E-state index contributed by atoms with van der Waals surface area (Å²) in [5, 5.41) is 3.12. The summed E-state index contributed by atoms with van der Waals surface area (Å²) in [6.45, 7) is 6.08. The van der Waals surface area contributed by atoms with Gasteiger partial charge in [0.15, 0.2) is 0 Å². The van der Waals surface area contributed by atoms with E-state index >= 15 is 0 Å². The van der Waals surface area contributed by atoms with Crippen LogP contribution in [0.2, 0.25) is 0 Å². The van der Waals surface area contributed by atoms with Crippen LogP contribution in [-0.2, 0) is 7.05 Å². The number of hydrogen-bond donors (Lipinski definition) is 1. The van der Waals surface area contributed by atoms with E-state index in [1.807, 2.05) is 6.92 Å². The third kappa shape index (κ3) is 2.01. The zero-order chi connectivity index (χ0) is 13.4. The highest BCUT2D eigenvalue weighted by Gasteiger charge is 2.12. The number of nitrogens with one attached hydrogen (secondary N) is 1. The first-order chi connectivity index (χ1) is 8.45. The third-order valence-corrected chi connectivity index (χ3v) is 4.29. The lowest BCUT2D eigenvalue weighted by molar-refractivity contribution is 0.741. The molecule has 1 N–H and O–H groups in total. The summed E-state index contributed by atoms with van der Waals surface area (Å²) in [7, 11) is 1.74. The van der Waals surface area contributed by atoms with Crippen LogP contribution >= 0.6 is 11.8 Å². The highest BCUT2D eigenvalue weighted by atomic mass is 32.2. The van der Waals surface area contributed by atoms with Gasteiger partial charge in [0.25, 0.3) is 5.56 Å². The molecule has 4 heteroatoms. The van der Waals surface area contributed by atoms with Crippen molar-refractivity contribution in [3.63, 3.8) is 0 Å². The number of nitrogens with zero attached hydrogens (tertiary/aromatic N) is 1. The zero-order valence-corrected chi connectivity index (χ0v) is 12.2. The van der Waals surface area contributed by atoms with E-state index in [1.165, 1.54) is 20.7 Å². The number of aromatic amines is 1. The Balaban J connectivity index is 2.65. The number of hydrogen-bond acceptors (Lipinski definition) is 2. The largest absolute Gasteiger partial charge is 0.295 e. The van der Waals surface area contributed by atoms with Crippen molar-refractivity contribution in [3.05, 3.63) is 39.2 Å². The number of aromatic nitrogens is 2. The fourth-order valence-corrected chi connectivity index (χ4v) is 3.12. The minimum absolute atomic E-state index is 0.0363. The molecule has 0 saturated carbocycles.